The predicted octanol–water partition coefficient (Wildman–Crippen LogP) is 2.53. The summed E-state index contributed by atoms with van der Waals surface area (Å²) in [6, 6.07) is 6.94. The molecule has 1 aliphatic rings. The van der Waals surface area contributed by atoms with Crippen molar-refractivity contribution in [3.63, 3.8) is 0 Å². The number of rotatable bonds is 4. The Hall–Kier alpha value is -1.26. The lowest BCUT2D eigenvalue weighted by molar-refractivity contribution is -0.135. The monoisotopic (exact) mass is 283 g/mol. The maximum absolute atomic E-state index is 11.0. The summed E-state index contributed by atoms with van der Waals surface area (Å²) in [5, 5.41) is 19.8. The first-order chi connectivity index (χ1) is 9.08. The lowest BCUT2D eigenvalue weighted by Crippen LogP contribution is -2.47. The molecule has 1 fully saturated rings. The molecule has 0 amide bonds. The number of carbonyl (C=O) groups is 1. The maximum Gasteiger partial charge on any atom is 0.323 e. The van der Waals surface area contributed by atoms with Crippen LogP contribution in [0.2, 0.25) is 5.02 Å². The van der Waals surface area contributed by atoms with Gasteiger partial charge in [-0.1, -0.05) is 24.4 Å². The third-order valence-electron chi connectivity index (χ3n) is 3.56. The van der Waals surface area contributed by atoms with Crippen molar-refractivity contribution < 1.29 is 15.0 Å². The van der Waals surface area contributed by atoms with Gasteiger partial charge in [0.25, 0.3) is 0 Å². The average Bonchev–Trinajstić information content (AvgIpc) is 2.38. The largest absolute Gasteiger partial charge is 0.480 e. The number of carboxylic acid groups (broad SMARTS) is 1. The molecule has 0 spiro atoms. The van der Waals surface area contributed by atoms with E-state index in [1.807, 2.05) is 0 Å². The summed E-state index contributed by atoms with van der Waals surface area (Å²) in [5.74, 6) is -0.896. The van der Waals surface area contributed by atoms with Crippen molar-refractivity contribution in [1.29, 1.82) is 0 Å². The number of nitrogens with zero attached hydrogens (tertiary/aromatic N) is 1. The van der Waals surface area contributed by atoms with Gasteiger partial charge in [-0.2, -0.15) is 0 Å². The van der Waals surface area contributed by atoms with Gasteiger partial charge in [0.05, 0.1) is 12.1 Å². The molecule has 1 aromatic rings. The van der Waals surface area contributed by atoms with Crippen LogP contribution in [0.25, 0.3) is 0 Å². The number of hydrogen-bond donors (Lipinski definition) is 2. The highest BCUT2D eigenvalue weighted by atomic mass is 35.5. The summed E-state index contributed by atoms with van der Waals surface area (Å²) < 4.78 is 0. The van der Waals surface area contributed by atoms with Gasteiger partial charge in [0.15, 0.2) is 0 Å². The van der Waals surface area contributed by atoms with Gasteiger partial charge >= 0.3 is 5.97 Å². The lowest BCUT2D eigenvalue weighted by Gasteiger charge is -2.38. The molecule has 104 valence electrons. The number of benzene rings is 1. The van der Waals surface area contributed by atoms with Gasteiger partial charge in [0.2, 0.25) is 0 Å². The molecule has 0 radical (unpaired) electrons. The van der Waals surface area contributed by atoms with Crippen molar-refractivity contribution in [2.45, 2.75) is 37.8 Å². The minimum absolute atomic E-state index is 0.108. The molecule has 19 heavy (non-hydrogen) atoms. The van der Waals surface area contributed by atoms with Gasteiger partial charge in [-0.25, -0.2) is 0 Å². The molecule has 5 heteroatoms. The van der Waals surface area contributed by atoms with E-state index >= 15 is 0 Å². The van der Waals surface area contributed by atoms with Crippen molar-refractivity contribution in [3.8, 4) is 0 Å². The normalized spacial score (nSPS) is 23.1. The van der Waals surface area contributed by atoms with Crippen LogP contribution in [0.4, 0.5) is 5.69 Å². The number of hydrogen-bond acceptors (Lipinski definition) is 3. The summed E-state index contributed by atoms with van der Waals surface area (Å²) in [5.41, 5.74) is 0.790. The van der Waals surface area contributed by atoms with Crippen LogP contribution in [0.5, 0.6) is 0 Å². The molecule has 2 N–H and O–H groups in total. The Balaban J connectivity index is 2.24. The second-order valence-corrected chi connectivity index (χ2v) is 5.35. The van der Waals surface area contributed by atoms with Gasteiger partial charge in [-0.15, -0.1) is 0 Å². The standard InChI is InChI=1S/C14H18ClNO3/c15-10-5-7-11(8-6-10)16(9-14(18)19)12-3-1-2-4-13(12)17/h5-8,12-13,17H,1-4,9H2,(H,18,19). The Bertz CT molecular complexity index is 435. The summed E-state index contributed by atoms with van der Waals surface area (Å²) in [6.07, 6.45) is 3.10. The van der Waals surface area contributed by atoms with Crippen LogP contribution in [0, 0.1) is 0 Å². The number of carboxylic acids is 1. The summed E-state index contributed by atoms with van der Waals surface area (Å²) in [7, 11) is 0. The van der Waals surface area contributed by atoms with E-state index in [2.05, 4.69) is 0 Å². The van der Waals surface area contributed by atoms with Crippen molar-refractivity contribution in [2.75, 3.05) is 11.4 Å². The number of anilines is 1. The van der Waals surface area contributed by atoms with E-state index in [4.69, 9.17) is 16.7 Å². The summed E-state index contributed by atoms with van der Waals surface area (Å²) in [4.78, 5) is 12.8. The second-order valence-electron chi connectivity index (χ2n) is 4.92. The van der Waals surface area contributed by atoms with E-state index in [-0.39, 0.29) is 12.6 Å². The van der Waals surface area contributed by atoms with Crippen LogP contribution in [-0.2, 0) is 4.79 Å². The molecular formula is C14H18ClNO3. The molecule has 0 saturated heterocycles. The molecule has 1 aliphatic carbocycles. The molecule has 1 saturated carbocycles. The molecule has 1 aromatic carbocycles. The molecular weight excluding hydrogens is 266 g/mol. The van der Waals surface area contributed by atoms with E-state index in [1.165, 1.54) is 0 Å². The molecule has 2 rings (SSSR count). The maximum atomic E-state index is 11.0. The van der Waals surface area contributed by atoms with E-state index in [1.54, 1.807) is 29.2 Å². The van der Waals surface area contributed by atoms with E-state index in [0.717, 1.165) is 31.4 Å². The third-order valence-corrected chi connectivity index (χ3v) is 3.81. The van der Waals surface area contributed by atoms with Gasteiger partial charge in [-0.3, -0.25) is 4.79 Å². The zero-order chi connectivity index (χ0) is 13.8. The van der Waals surface area contributed by atoms with Gasteiger partial charge in [-0.05, 0) is 37.1 Å². The van der Waals surface area contributed by atoms with Crippen molar-refractivity contribution in [1.82, 2.24) is 0 Å². The molecule has 2 atom stereocenters. The molecule has 2 unspecified atom stereocenters. The first kappa shape index (κ1) is 14.2. The first-order valence-corrected chi connectivity index (χ1v) is 6.88. The number of halogens is 1. The molecule has 0 aliphatic heterocycles. The first-order valence-electron chi connectivity index (χ1n) is 6.50. The highest BCUT2D eigenvalue weighted by Gasteiger charge is 2.30. The zero-order valence-electron chi connectivity index (χ0n) is 10.6. The molecule has 4 nitrogen and oxygen atoms in total. The van der Waals surface area contributed by atoms with E-state index in [0.29, 0.717) is 5.02 Å². The number of aliphatic hydroxyl groups excluding tert-OH is 1. The Labute approximate surface area is 117 Å². The third kappa shape index (κ3) is 3.61. The smallest absolute Gasteiger partial charge is 0.323 e. The topological polar surface area (TPSA) is 60.8 Å². The fourth-order valence-corrected chi connectivity index (χ4v) is 2.76. The van der Waals surface area contributed by atoms with Crippen LogP contribution in [-0.4, -0.2) is 34.9 Å². The minimum Gasteiger partial charge on any atom is -0.480 e. The van der Waals surface area contributed by atoms with E-state index < -0.39 is 12.1 Å². The fourth-order valence-electron chi connectivity index (χ4n) is 2.63. The summed E-state index contributed by atoms with van der Waals surface area (Å²) in [6.45, 7) is -0.108. The van der Waals surface area contributed by atoms with Gasteiger partial charge < -0.3 is 15.1 Å². The van der Waals surface area contributed by atoms with Crippen LogP contribution >= 0.6 is 11.6 Å². The lowest BCUT2D eigenvalue weighted by atomic mass is 9.91. The Morgan fingerprint density at radius 1 is 1.26 bits per heavy atom. The number of aliphatic carboxylic acids is 1. The Morgan fingerprint density at radius 3 is 2.47 bits per heavy atom. The number of aliphatic hydroxyl groups is 1. The molecule has 0 heterocycles. The van der Waals surface area contributed by atoms with Crippen LogP contribution < -0.4 is 4.90 Å². The van der Waals surface area contributed by atoms with Gasteiger partial charge in [0.1, 0.15) is 6.54 Å². The predicted molar refractivity (Wildman–Crippen MR) is 74.7 cm³/mol. The van der Waals surface area contributed by atoms with Crippen LogP contribution in [0.1, 0.15) is 25.7 Å². The Morgan fingerprint density at radius 2 is 1.89 bits per heavy atom. The van der Waals surface area contributed by atoms with Crippen molar-refractivity contribution >= 4 is 23.3 Å². The van der Waals surface area contributed by atoms with Crippen LogP contribution in [0.3, 0.4) is 0 Å². The van der Waals surface area contributed by atoms with Crippen molar-refractivity contribution in [3.05, 3.63) is 29.3 Å². The highest BCUT2D eigenvalue weighted by Crippen LogP contribution is 2.28. The second kappa shape index (κ2) is 6.26. The van der Waals surface area contributed by atoms with Crippen molar-refractivity contribution in [2.24, 2.45) is 0 Å². The quantitative estimate of drug-likeness (QED) is 0.891. The zero-order valence-corrected chi connectivity index (χ0v) is 11.4. The highest BCUT2D eigenvalue weighted by molar-refractivity contribution is 6.30. The fraction of sp³-hybridized carbons (Fsp3) is 0.500. The molecule has 0 aromatic heterocycles. The van der Waals surface area contributed by atoms with Crippen LogP contribution in [0.15, 0.2) is 24.3 Å². The molecule has 0 bridgehead atoms. The average molecular weight is 284 g/mol. The van der Waals surface area contributed by atoms with E-state index in [9.17, 15) is 9.90 Å². The SMILES string of the molecule is O=C(O)CN(c1ccc(Cl)cc1)C1CCCCC1O. The Kier molecular flexibility index (Phi) is 4.66. The van der Waals surface area contributed by atoms with Gasteiger partial charge in [0, 0.05) is 10.7 Å². The summed E-state index contributed by atoms with van der Waals surface area (Å²) >= 11 is 5.85. The minimum atomic E-state index is -0.896.